The number of hydrogen-bond donors (Lipinski definition) is 0. The molecule has 5 rings (SSSR count). The molecule has 2 aromatic carbocycles. The molecule has 3 aliphatic heterocycles. The third-order valence-electron chi connectivity index (χ3n) is 7.69. The van der Waals surface area contributed by atoms with Crippen molar-refractivity contribution in [2.45, 2.75) is 69.4 Å². The predicted molar refractivity (Wildman–Crippen MR) is 132 cm³/mol. The minimum Gasteiger partial charge on any atom is -0.497 e. The lowest BCUT2D eigenvalue weighted by Crippen LogP contribution is -2.46. The van der Waals surface area contributed by atoms with Crippen LogP contribution in [0, 0.1) is 11.7 Å². The van der Waals surface area contributed by atoms with E-state index in [1.54, 1.807) is 43.5 Å². The van der Waals surface area contributed by atoms with Crippen LogP contribution >= 0.6 is 0 Å². The van der Waals surface area contributed by atoms with Crippen molar-refractivity contribution in [3.05, 3.63) is 48.3 Å². The van der Waals surface area contributed by atoms with Gasteiger partial charge < -0.3 is 19.2 Å². The van der Waals surface area contributed by atoms with Crippen LogP contribution in [-0.4, -0.2) is 49.5 Å². The highest BCUT2D eigenvalue weighted by atomic mass is 19.4. The van der Waals surface area contributed by atoms with Crippen LogP contribution in [0.15, 0.2) is 47.6 Å². The van der Waals surface area contributed by atoms with Crippen LogP contribution < -0.4 is 19.4 Å². The number of carbonyl (C=O) groups excluding carboxylic acids is 1. The molecular formula is C27H29F4N3O3. The molecule has 2 saturated heterocycles. The van der Waals surface area contributed by atoms with E-state index in [-0.39, 0.29) is 30.4 Å². The first-order valence-corrected chi connectivity index (χ1v) is 12.5. The fourth-order valence-corrected chi connectivity index (χ4v) is 5.95. The summed E-state index contributed by atoms with van der Waals surface area (Å²) in [4.78, 5) is 13.3. The lowest BCUT2D eigenvalue weighted by molar-refractivity contribution is -0.108. The zero-order valence-corrected chi connectivity index (χ0v) is 20.6. The van der Waals surface area contributed by atoms with Crippen molar-refractivity contribution < 1.29 is 31.8 Å². The van der Waals surface area contributed by atoms with Gasteiger partial charge in [-0.1, -0.05) is 6.92 Å². The molecule has 2 aromatic rings. The Kier molecular flexibility index (Phi) is 6.76. The zero-order valence-electron chi connectivity index (χ0n) is 20.6. The molecule has 0 radical (unpaired) electrons. The van der Waals surface area contributed by atoms with Crippen LogP contribution in [0.3, 0.4) is 0 Å². The molecule has 4 atom stereocenters. The van der Waals surface area contributed by atoms with Gasteiger partial charge in [0.1, 0.15) is 35.4 Å². The maximum atomic E-state index is 14.6. The summed E-state index contributed by atoms with van der Waals surface area (Å²) >= 11 is 0. The molecule has 2 fully saturated rings. The van der Waals surface area contributed by atoms with E-state index < -0.39 is 23.8 Å². The van der Waals surface area contributed by atoms with Crippen LogP contribution in [0.4, 0.5) is 28.9 Å². The number of hydrazone groups is 1. The summed E-state index contributed by atoms with van der Waals surface area (Å²) in [5.74, 6) is 0.0291. The molecule has 3 heterocycles. The fraction of sp³-hybridized carbons (Fsp3) is 0.481. The standard InChI is InChI=1S/C27H29F4N3O3/c1-16-24(11-12-35)34(32-26(16)27(29,30)31)17-5-7-20(8-6-17)37-22-13-18-3-4-19(14-22)33(18)25-15-21(36-2)9-10-23(25)28/h5-10,12,15-16,18-19,22,24H,3-4,11,13-14H2,1-2H3/t16?,18?,19?,22?,24-/m0/s1. The first-order chi connectivity index (χ1) is 17.7. The molecule has 0 spiro atoms. The number of aldehydes is 1. The Morgan fingerprint density at radius 3 is 2.30 bits per heavy atom. The summed E-state index contributed by atoms with van der Waals surface area (Å²) in [5.41, 5.74) is 0.140. The van der Waals surface area contributed by atoms with Gasteiger partial charge in [0.15, 0.2) is 0 Å². The first kappa shape index (κ1) is 25.4. The van der Waals surface area contributed by atoms with E-state index in [1.807, 2.05) is 0 Å². The fourth-order valence-electron chi connectivity index (χ4n) is 5.95. The van der Waals surface area contributed by atoms with Crippen LogP contribution in [0.5, 0.6) is 11.5 Å². The van der Waals surface area contributed by atoms with E-state index in [9.17, 15) is 22.4 Å². The molecule has 6 nitrogen and oxygen atoms in total. The summed E-state index contributed by atoms with van der Waals surface area (Å²) in [6.45, 7) is 1.44. The van der Waals surface area contributed by atoms with Gasteiger partial charge in [0.25, 0.3) is 0 Å². The second-order valence-electron chi connectivity index (χ2n) is 9.90. The van der Waals surface area contributed by atoms with E-state index in [2.05, 4.69) is 10.0 Å². The van der Waals surface area contributed by atoms with E-state index in [0.29, 0.717) is 29.2 Å². The molecular weight excluding hydrogens is 490 g/mol. The number of halogens is 4. The molecule has 0 aromatic heterocycles. The molecule has 0 saturated carbocycles. The maximum Gasteiger partial charge on any atom is 0.431 e. The highest BCUT2D eigenvalue weighted by Gasteiger charge is 2.48. The summed E-state index contributed by atoms with van der Waals surface area (Å²) in [5, 5.41) is 5.11. The topological polar surface area (TPSA) is 54.4 Å². The minimum absolute atomic E-state index is 0.0576. The predicted octanol–water partition coefficient (Wildman–Crippen LogP) is 5.75. The number of rotatable bonds is 7. The maximum absolute atomic E-state index is 14.6. The van der Waals surface area contributed by atoms with Crippen molar-refractivity contribution in [1.82, 2.24) is 0 Å². The van der Waals surface area contributed by atoms with Gasteiger partial charge in [0.05, 0.1) is 24.5 Å². The van der Waals surface area contributed by atoms with Gasteiger partial charge in [0, 0.05) is 43.3 Å². The number of nitrogens with zero attached hydrogens (tertiary/aromatic N) is 3. The van der Waals surface area contributed by atoms with E-state index in [4.69, 9.17) is 9.47 Å². The van der Waals surface area contributed by atoms with Gasteiger partial charge in [-0.05, 0) is 49.2 Å². The number of carbonyl (C=O) groups is 1. The summed E-state index contributed by atoms with van der Waals surface area (Å²) in [6.07, 6.45) is -0.678. The number of alkyl halides is 3. The number of benzene rings is 2. The summed E-state index contributed by atoms with van der Waals surface area (Å²) in [6, 6.07) is 11.1. The van der Waals surface area contributed by atoms with Gasteiger partial charge in [-0.3, -0.25) is 5.01 Å². The quantitative estimate of drug-likeness (QED) is 0.345. The zero-order chi connectivity index (χ0) is 26.3. The Labute approximate surface area is 212 Å². The highest BCUT2D eigenvalue weighted by Crippen LogP contribution is 2.43. The lowest BCUT2D eigenvalue weighted by Gasteiger charge is -2.40. The Hall–Kier alpha value is -3.30. The monoisotopic (exact) mass is 519 g/mol. The Bertz CT molecular complexity index is 1160. The summed E-state index contributed by atoms with van der Waals surface area (Å²) in [7, 11) is 1.56. The van der Waals surface area contributed by atoms with Gasteiger partial charge in [0.2, 0.25) is 0 Å². The smallest absolute Gasteiger partial charge is 0.431 e. The number of fused-ring (bicyclic) bond motifs is 2. The lowest BCUT2D eigenvalue weighted by atomic mass is 9.95. The average Bonchev–Trinajstić information content (AvgIpc) is 3.33. The van der Waals surface area contributed by atoms with Gasteiger partial charge in [-0.2, -0.15) is 18.3 Å². The van der Waals surface area contributed by atoms with Crippen LogP contribution in [-0.2, 0) is 4.79 Å². The summed E-state index contributed by atoms with van der Waals surface area (Å²) < 4.78 is 66.4. The molecule has 0 N–H and O–H groups in total. The molecule has 198 valence electrons. The second kappa shape index (κ2) is 9.87. The number of hydrogen-bond acceptors (Lipinski definition) is 6. The second-order valence-corrected chi connectivity index (χ2v) is 9.90. The minimum atomic E-state index is -4.56. The first-order valence-electron chi connectivity index (χ1n) is 12.5. The molecule has 10 heteroatoms. The van der Waals surface area contributed by atoms with Crippen LogP contribution in [0.2, 0.25) is 0 Å². The third kappa shape index (κ3) is 4.85. The van der Waals surface area contributed by atoms with Crippen molar-refractivity contribution in [1.29, 1.82) is 0 Å². The number of ether oxygens (including phenoxy) is 2. The van der Waals surface area contributed by atoms with Crippen molar-refractivity contribution in [3.63, 3.8) is 0 Å². The van der Waals surface area contributed by atoms with Crippen LogP contribution in [0.25, 0.3) is 0 Å². The number of piperidine rings is 1. The molecule has 3 aliphatic rings. The SMILES string of the molecule is COc1ccc(F)c(N2C3CCC2CC(Oc2ccc(N4N=C(C(F)(F)F)C(C)[C@@H]4CC=O)cc2)C3)c1. The van der Waals surface area contributed by atoms with Crippen LogP contribution in [0.1, 0.15) is 39.0 Å². The van der Waals surface area contributed by atoms with E-state index in [1.165, 1.54) is 18.0 Å². The largest absolute Gasteiger partial charge is 0.497 e. The molecule has 2 bridgehead atoms. The Morgan fingerprint density at radius 2 is 1.70 bits per heavy atom. The normalized spacial score (nSPS) is 27.3. The Balaban J connectivity index is 1.28. The molecule has 3 unspecified atom stereocenters. The van der Waals surface area contributed by atoms with Crippen molar-refractivity contribution >= 4 is 23.4 Å². The Morgan fingerprint density at radius 1 is 1.05 bits per heavy atom. The van der Waals surface area contributed by atoms with Gasteiger partial charge in [-0.25, -0.2) is 4.39 Å². The number of methoxy groups -OCH3 is 1. The average molecular weight is 520 g/mol. The van der Waals surface area contributed by atoms with Gasteiger partial charge in [-0.15, -0.1) is 0 Å². The highest BCUT2D eigenvalue weighted by molar-refractivity contribution is 5.95. The molecule has 0 aliphatic carbocycles. The molecule has 37 heavy (non-hydrogen) atoms. The van der Waals surface area contributed by atoms with E-state index in [0.717, 1.165) is 25.7 Å². The third-order valence-corrected chi connectivity index (χ3v) is 7.69. The van der Waals surface area contributed by atoms with Crippen molar-refractivity contribution in [3.8, 4) is 11.5 Å². The van der Waals surface area contributed by atoms with Crippen molar-refractivity contribution in [2.24, 2.45) is 11.0 Å². The number of anilines is 2. The van der Waals surface area contributed by atoms with E-state index >= 15 is 0 Å². The van der Waals surface area contributed by atoms with Gasteiger partial charge >= 0.3 is 6.18 Å². The molecule has 0 amide bonds. The van der Waals surface area contributed by atoms with Crippen molar-refractivity contribution in [2.75, 3.05) is 17.0 Å².